The van der Waals surface area contributed by atoms with Crippen LogP contribution in [0.4, 0.5) is 5.69 Å². The Kier molecular flexibility index (Phi) is 15.4. The Balaban J connectivity index is 1.39. The maximum absolute atomic E-state index is 12.3. The number of benzene rings is 3. The van der Waals surface area contributed by atoms with Crippen molar-refractivity contribution in [2.45, 2.75) is 25.7 Å². The summed E-state index contributed by atoms with van der Waals surface area (Å²) in [5.41, 5.74) is 2.17. The van der Waals surface area contributed by atoms with E-state index in [0.717, 1.165) is 41.9 Å². The van der Waals surface area contributed by atoms with Crippen LogP contribution < -0.4 is 14.2 Å². The summed E-state index contributed by atoms with van der Waals surface area (Å²) in [7, 11) is 0. The highest BCUT2D eigenvalue weighted by Crippen LogP contribution is 2.29. The van der Waals surface area contributed by atoms with Gasteiger partial charge in [-0.15, -0.1) is 0 Å². The molecule has 0 fully saturated rings. The smallest absolute Gasteiger partial charge is 0.336 e. The lowest BCUT2D eigenvalue weighted by Gasteiger charge is -2.07. The fourth-order valence-electron chi connectivity index (χ4n) is 3.69. The molecule has 0 heterocycles. The Morgan fingerprint density at radius 3 is 1.67 bits per heavy atom. The number of halogens is 1. The summed E-state index contributed by atoms with van der Waals surface area (Å²) in [4.78, 5) is 38.8. The molecule has 46 heavy (non-hydrogen) atoms. The van der Waals surface area contributed by atoms with Gasteiger partial charge in [-0.25, -0.2) is 14.4 Å². The molecule has 0 aromatic heterocycles. The molecule has 9 nitrogen and oxygen atoms in total. The molecule has 0 atom stereocenters. The number of carbonyl (C=O) groups excluding carboxylic acids is 3. The van der Waals surface area contributed by atoms with Crippen molar-refractivity contribution < 1.29 is 38.1 Å². The van der Waals surface area contributed by atoms with E-state index >= 15 is 0 Å². The molecule has 0 saturated heterocycles. The monoisotopic (exact) mass is 645 g/mol. The van der Waals surface area contributed by atoms with Crippen LogP contribution in [0.3, 0.4) is 0 Å². The molecule has 3 aromatic carbocycles. The van der Waals surface area contributed by atoms with Crippen LogP contribution in [0.25, 0.3) is 6.08 Å². The van der Waals surface area contributed by atoms with E-state index in [9.17, 15) is 14.4 Å². The van der Waals surface area contributed by atoms with Crippen molar-refractivity contribution in [1.82, 2.24) is 0 Å². The quantitative estimate of drug-likeness (QED) is 0.0434. The van der Waals surface area contributed by atoms with Crippen molar-refractivity contribution >= 4 is 47.5 Å². The largest absolute Gasteiger partial charge is 0.494 e. The van der Waals surface area contributed by atoms with Crippen LogP contribution in [0.2, 0.25) is 5.02 Å². The van der Waals surface area contributed by atoms with Crippen LogP contribution in [0.1, 0.15) is 36.8 Å². The van der Waals surface area contributed by atoms with Gasteiger partial charge in [0.05, 0.1) is 37.1 Å². The van der Waals surface area contributed by atoms with Gasteiger partial charge in [0.25, 0.3) is 0 Å². The number of unbranched alkanes of at least 4 members (excludes halogenated alkanes) is 2. The Morgan fingerprint density at radius 1 is 0.652 bits per heavy atom. The van der Waals surface area contributed by atoms with E-state index in [1.165, 1.54) is 12.1 Å². The normalized spacial score (nSPS) is 10.8. The average Bonchev–Trinajstić information content (AvgIpc) is 3.07. The van der Waals surface area contributed by atoms with E-state index in [0.29, 0.717) is 61.5 Å². The molecular weight excluding hydrogens is 610 g/mol. The third-order valence-electron chi connectivity index (χ3n) is 6.10. The molecule has 0 spiro atoms. The third-order valence-corrected chi connectivity index (χ3v) is 6.40. The van der Waals surface area contributed by atoms with E-state index in [4.69, 9.17) is 35.3 Å². The number of carbonyl (C=O) groups is 3. The van der Waals surface area contributed by atoms with Crippen LogP contribution in [-0.2, 0) is 23.9 Å². The van der Waals surface area contributed by atoms with Gasteiger partial charge in [0.15, 0.2) is 0 Å². The van der Waals surface area contributed by atoms with Crippen LogP contribution in [-0.4, -0.2) is 50.6 Å². The molecule has 10 heteroatoms. The lowest BCUT2D eigenvalue weighted by atomic mass is 10.2. The summed E-state index contributed by atoms with van der Waals surface area (Å²) in [6.07, 6.45) is 9.80. The summed E-state index contributed by atoms with van der Waals surface area (Å²) in [5, 5.41) is 0.331. The Hall–Kier alpha value is -5.15. The molecule has 0 unspecified atom stereocenters. The van der Waals surface area contributed by atoms with Crippen LogP contribution in [0.5, 0.6) is 17.2 Å². The van der Waals surface area contributed by atoms with Crippen molar-refractivity contribution in [2.75, 3.05) is 26.4 Å². The molecule has 3 rings (SSSR count). The standard InChI is InChI=1S/C36H36ClNO8/c1-3-34(39)44-23-7-5-21-42-29-14-9-27(10-15-29)13-20-36(41)46-31-18-19-33(32(37)25-31)38-26-28-11-16-30(17-12-28)43-22-6-8-24-45-35(40)4-2/h3-4,9-20,25-26H,1-2,5-8,21-24H2/b20-13+,38-26+. The second kappa shape index (κ2) is 20.0. The van der Waals surface area contributed by atoms with E-state index < -0.39 is 17.9 Å². The Morgan fingerprint density at radius 2 is 1.15 bits per heavy atom. The van der Waals surface area contributed by atoms with E-state index in [1.54, 1.807) is 36.6 Å². The van der Waals surface area contributed by atoms with Crippen molar-refractivity contribution in [3.05, 3.63) is 114 Å². The maximum atomic E-state index is 12.3. The lowest BCUT2D eigenvalue weighted by Crippen LogP contribution is -2.04. The fourth-order valence-corrected chi connectivity index (χ4v) is 3.91. The molecule has 0 aliphatic carbocycles. The first-order valence-electron chi connectivity index (χ1n) is 14.6. The molecule has 0 bridgehead atoms. The van der Waals surface area contributed by atoms with E-state index in [1.807, 2.05) is 36.4 Å². The zero-order valence-corrected chi connectivity index (χ0v) is 26.2. The first kappa shape index (κ1) is 35.3. The number of nitrogens with zero attached hydrogens (tertiary/aromatic N) is 1. The molecule has 0 N–H and O–H groups in total. The van der Waals surface area contributed by atoms with Crippen molar-refractivity contribution in [3.8, 4) is 17.2 Å². The summed E-state index contributed by atoms with van der Waals surface area (Å²) in [6, 6.07) is 19.5. The lowest BCUT2D eigenvalue weighted by molar-refractivity contribution is -0.138. The minimum Gasteiger partial charge on any atom is -0.494 e. The Bertz CT molecular complexity index is 1510. The van der Waals surface area contributed by atoms with Crippen molar-refractivity contribution in [2.24, 2.45) is 4.99 Å². The van der Waals surface area contributed by atoms with E-state index in [2.05, 4.69) is 18.2 Å². The van der Waals surface area contributed by atoms with Gasteiger partial charge in [-0.3, -0.25) is 4.99 Å². The number of hydrogen-bond donors (Lipinski definition) is 0. The number of aliphatic imine (C=N–C) groups is 1. The molecule has 0 amide bonds. The van der Waals surface area contributed by atoms with Gasteiger partial charge in [0.1, 0.15) is 17.2 Å². The average molecular weight is 646 g/mol. The minimum absolute atomic E-state index is 0.293. The van der Waals surface area contributed by atoms with Crippen LogP contribution in [0.15, 0.2) is 103 Å². The molecule has 3 aromatic rings. The number of hydrogen-bond acceptors (Lipinski definition) is 9. The van der Waals surface area contributed by atoms with Gasteiger partial charge >= 0.3 is 17.9 Å². The number of ether oxygens (including phenoxy) is 5. The second-order valence-electron chi connectivity index (χ2n) is 9.62. The molecule has 0 aliphatic rings. The molecule has 0 radical (unpaired) electrons. The SMILES string of the molecule is C=CC(=O)OCCCCOc1ccc(/C=C/C(=O)Oc2ccc(/N=C/c3ccc(OCCCCOC(=O)C=C)cc3)c(Cl)c2)cc1. The predicted molar refractivity (Wildman–Crippen MR) is 178 cm³/mol. The van der Waals surface area contributed by atoms with E-state index in [-0.39, 0.29) is 0 Å². The van der Waals surface area contributed by atoms with Gasteiger partial charge < -0.3 is 23.7 Å². The molecule has 240 valence electrons. The van der Waals surface area contributed by atoms with Gasteiger partial charge in [-0.2, -0.15) is 0 Å². The summed E-state index contributed by atoms with van der Waals surface area (Å²) in [5.74, 6) is 0.299. The van der Waals surface area contributed by atoms with Gasteiger partial charge in [0.2, 0.25) is 0 Å². The highest BCUT2D eigenvalue weighted by molar-refractivity contribution is 6.33. The first-order valence-corrected chi connectivity index (χ1v) is 15.0. The molecule has 0 saturated carbocycles. The second-order valence-corrected chi connectivity index (χ2v) is 10.0. The number of esters is 3. The minimum atomic E-state index is -0.553. The summed E-state index contributed by atoms with van der Waals surface area (Å²) < 4.78 is 26.6. The fraction of sp³-hybridized carbons (Fsp3) is 0.222. The van der Waals surface area contributed by atoms with Gasteiger partial charge in [-0.05, 0) is 91.4 Å². The predicted octanol–water partition coefficient (Wildman–Crippen LogP) is 7.49. The summed E-state index contributed by atoms with van der Waals surface area (Å²) >= 11 is 6.38. The highest BCUT2D eigenvalue weighted by atomic mass is 35.5. The topological polar surface area (TPSA) is 110 Å². The van der Waals surface area contributed by atoms with Crippen molar-refractivity contribution in [3.63, 3.8) is 0 Å². The first-order chi connectivity index (χ1) is 22.4. The Labute approximate surface area is 273 Å². The molecular formula is C36H36ClNO8. The van der Waals surface area contributed by atoms with Crippen LogP contribution >= 0.6 is 11.6 Å². The zero-order valence-electron chi connectivity index (χ0n) is 25.4. The summed E-state index contributed by atoms with van der Waals surface area (Å²) in [6.45, 7) is 8.36. The highest BCUT2D eigenvalue weighted by Gasteiger charge is 2.06. The zero-order chi connectivity index (χ0) is 33.0. The maximum Gasteiger partial charge on any atom is 0.336 e. The molecule has 0 aliphatic heterocycles. The van der Waals surface area contributed by atoms with Gasteiger partial charge in [-0.1, -0.05) is 36.9 Å². The number of rotatable bonds is 19. The van der Waals surface area contributed by atoms with Crippen molar-refractivity contribution in [1.29, 1.82) is 0 Å². The third kappa shape index (κ3) is 13.7. The van der Waals surface area contributed by atoms with Crippen LogP contribution in [0, 0.1) is 0 Å². The van der Waals surface area contributed by atoms with Gasteiger partial charge in [0, 0.05) is 30.5 Å².